The highest BCUT2D eigenvalue weighted by atomic mass is 16.6. The molecule has 3 atom stereocenters. The number of allylic oxidation sites excluding steroid dienone is 4. The molecule has 6 rings (SSSR count). The van der Waals surface area contributed by atoms with Crippen LogP contribution >= 0.6 is 0 Å². The van der Waals surface area contributed by atoms with Crippen molar-refractivity contribution in [2.75, 3.05) is 47.1 Å². The lowest BCUT2D eigenvalue weighted by atomic mass is 9.61. The largest absolute Gasteiger partial charge is 0.469 e. The zero-order chi connectivity index (χ0) is 46.5. The minimum Gasteiger partial charge on any atom is -0.469 e. The number of nitrogens with zero attached hydrogens (tertiary/aromatic N) is 2. The first kappa shape index (κ1) is 47.4. The first-order valence-electron chi connectivity index (χ1n) is 21.9. The third-order valence-electron chi connectivity index (χ3n) is 12.4. The first-order chi connectivity index (χ1) is 30.4. The number of ether oxygens (including phenoxy) is 3. The van der Waals surface area contributed by atoms with Gasteiger partial charge in [0.15, 0.2) is 0 Å². The average molecular weight is 878 g/mol. The van der Waals surface area contributed by atoms with E-state index in [1.165, 1.54) is 7.11 Å². The Morgan fingerprint density at radius 3 is 2.17 bits per heavy atom. The summed E-state index contributed by atoms with van der Waals surface area (Å²) >= 11 is 0. The molecule has 15 heteroatoms. The summed E-state index contributed by atoms with van der Waals surface area (Å²) < 4.78 is 16.4. The number of rotatable bonds is 15. The lowest BCUT2D eigenvalue weighted by Gasteiger charge is -2.41. The van der Waals surface area contributed by atoms with Gasteiger partial charge in [-0.15, -0.1) is 0 Å². The number of H-pyrrole nitrogens is 2. The van der Waals surface area contributed by atoms with Gasteiger partial charge in [0.25, 0.3) is 0 Å². The van der Waals surface area contributed by atoms with E-state index in [9.17, 15) is 24.3 Å². The number of amides is 3. The van der Waals surface area contributed by atoms with Crippen molar-refractivity contribution in [3.63, 3.8) is 0 Å². The maximum atomic E-state index is 13.9. The second kappa shape index (κ2) is 19.8. The Morgan fingerprint density at radius 1 is 0.859 bits per heavy atom. The quantitative estimate of drug-likeness (QED) is 0.0698. The molecule has 0 spiro atoms. The highest BCUT2D eigenvalue weighted by molar-refractivity contribution is 5.95. The van der Waals surface area contributed by atoms with Crippen molar-refractivity contribution in [3.8, 4) is 0 Å². The van der Waals surface area contributed by atoms with Crippen molar-refractivity contribution >= 4 is 68.7 Å². The molecule has 3 aliphatic rings. The highest BCUT2D eigenvalue weighted by Crippen LogP contribution is 2.54. The number of carbonyl (C=O) groups excluding carboxylic acids is 4. The van der Waals surface area contributed by atoms with E-state index in [0.29, 0.717) is 43.0 Å². The van der Waals surface area contributed by atoms with Crippen molar-refractivity contribution in [1.29, 1.82) is 0 Å². The number of alkyl carbamates (subject to hydrolysis) is 1. The molecule has 342 valence electrons. The maximum absolute atomic E-state index is 13.9. The first-order valence-corrected chi connectivity index (χ1v) is 21.9. The second-order valence-corrected chi connectivity index (χ2v) is 17.8. The number of carbonyl (C=O) groups is 4. The number of fused-ring (bicyclic) bond motifs is 11. The number of hydrogen-bond acceptors (Lipinski definition) is 10. The summed E-state index contributed by atoms with van der Waals surface area (Å²) in [5.74, 6) is -1.50. The summed E-state index contributed by atoms with van der Waals surface area (Å²) in [7, 11) is 3.05. The summed E-state index contributed by atoms with van der Waals surface area (Å²) in [5, 5.41) is 17.7. The monoisotopic (exact) mass is 877 g/mol. The van der Waals surface area contributed by atoms with Gasteiger partial charge < -0.3 is 45.2 Å². The zero-order valence-electron chi connectivity index (χ0n) is 38.6. The van der Waals surface area contributed by atoms with E-state index in [4.69, 9.17) is 24.2 Å². The lowest BCUT2D eigenvalue weighted by molar-refractivity contribution is -0.150. The molecular weight excluding hydrogens is 815 g/mol. The second-order valence-electron chi connectivity index (χ2n) is 17.8. The zero-order valence-corrected chi connectivity index (χ0v) is 38.6. The van der Waals surface area contributed by atoms with Gasteiger partial charge in [-0.05, 0) is 125 Å². The lowest BCUT2D eigenvalue weighted by Crippen LogP contribution is -2.45. The van der Waals surface area contributed by atoms with Gasteiger partial charge in [0.05, 0.1) is 54.4 Å². The number of aliphatic hydroxyl groups excluding tert-OH is 1. The van der Waals surface area contributed by atoms with Crippen LogP contribution in [-0.2, 0) is 40.4 Å². The fraction of sp³-hybridized carbons (Fsp3) is 0.469. The maximum Gasteiger partial charge on any atom is 0.407 e. The fourth-order valence-corrected chi connectivity index (χ4v) is 9.18. The van der Waals surface area contributed by atoms with Crippen LogP contribution in [0, 0.1) is 25.7 Å². The SMILES string of the molecule is C=Cc1c(C)c2cc3nc(cc4[nH]c(cc5nc(cc1[nH]2)C(C)=C5CCC(=O)NCCNC(=O)OC(C)(C)C)c(CCC(=O)NCCO)c4C)C1(C)C3=CCC(COC)C1C(=O)OC. The highest BCUT2D eigenvalue weighted by Gasteiger charge is 2.54. The van der Waals surface area contributed by atoms with Gasteiger partial charge in [-0.3, -0.25) is 19.4 Å². The Kier molecular flexibility index (Phi) is 14.6. The van der Waals surface area contributed by atoms with Gasteiger partial charge in [0.2, 0.25) is 11.8 Å². The number of aryl methyl sites for hydroxylation is 3. The smallest absolute Gasteiger partial charge is 0.407 e. The van der Waals surface area contributed by atoms with Crippen molar-refractivity contribution in [3.05, 3.63) is 81.9 Å². The van der Waals surface area contributed by atoms with Crippen LogP contribution in [0.3, 0.4) is 0 Å². The molecule has 0 saturated heterocycles. The van der Waals surface area contributed by atoms with Gasteiger partial charge in [-0.2, -0.15) is 0 Å². The molecular formula is C49H63N7O8. The molecule has 3 unspecified atom stereocenters. The summed E-state index contributed by atoms with van der Waals surface area (Å²) in [6.07, 6.45) is 5.12. The minimum atomic E-state index is -0.894. The van der Waals surface area contributed by atoms with Crippen LogP contribution in [0.15, 0.2) is 36.9 Å². The van der Waals surface area contributed by atoms with Crippen LogP contribution in [0.1, 0.15) is 105 Å². The van der Waals surface area contributed by atoms with Crippen LogP contribution in [0.2, 0.25) is 0 Å². The van der Waals surface area contributed by atoms with E-state index in [0.717, 1.165) is 66.7 Å². The molecule has 2 aliphatic heterocycles. The standard InChI is InChI=1S/C49H63N7O8/c1-11-31-27(2)36-23-41-34-15-12-30(26-62-9)45(46(60)63-10)49(34,8)42(56-41)25-37-29(4)33(14-17-44(59)51-20-21-57)40(55-37)24-39-32(28(3)35(54-39)22-38(31)53-36)13-16-43(58)50-18-19-52-47(61)64-48(5,6)7/h11,15,22-25,30,45,53,55,57H,1,12-14,16-21,26H2,2-10H3,(H,50,58)(H,51,59)(H,52,61). The molecule has 15 nitrogen and oxygen atoms in total. The molecule has 0 radical (unpaired) electrons. The topological polar surface area (TPSA) is 210 Å². The van der Waals surface area contributed by atoms with Crippen molar-refractivity contribution in [2.24, 2.45) is 11.8 Å². The Morgan fingerprint density at radius 2 is 1.50 bits per heavy atom. The molecule has 5 heterocycles. The molecule has 1 aliphatic carbocycles. The number of methoxy groups -OCH3 is 2. The summed E-state index contributed by atoms with van der Waals surface area (Å²) in [6, 6.07) is 8.00. The molecule has 64 heavy (non-hydrogen) atoms. The van der Waals surface area contributed by atoms with Crippen LogP contribution in [0.5, 0.6) is 0 Å². The summed E-state index contributed by atoms with van der Waals surface area (Å²) in [4.78, 5) is 69.9. The Bertz CT molecular complexity index is 2560. The number of aromatic nitrogens is 4. The van der Waals surface area contributed by atoms with E-state index in [1.807, 2.05) is 51.1 Å². The number of hydrogen-bond donors (Lipinski definition) is 6. The van der Waals surface area contributed by atoms with Crippen molar-refractivity contribution in [2.45, 2.75) is 91.6 Å². The summed E-state index contributed by atoms with van der Waals surface area (Å²) in [5.41, 5.74) is 10.7. The van der Waals surface area contributed by atoms with Crippen molar-refractivity contribution in [1.82, 2.24) is 35.9 Å². The van der Waals surface area contributed by atoms with Gasteiger partial charge in [-0.25, -0.2) is 9.78 Å². The number of nitrogens with one attached hydrogen (secondary N) is 5. The Balaban J connectivity index is 1.53. The van der Waals surface area contributed by atoms with Gasteiger partial charge >= 0.3 is 12.1 Å². The normalized spacial score (nSPS) is 18.2. The Labute approximate surface area is 374 Å². The molecule has 0 fully saturated rings. The van der Waals surface area contributed by atoms with E-state index in [2.05, 4.69) is 45.5 Å². The van der Waals surface area contributed by atoms with Crippen LogP contribution in [0.25, 0.3) is 44.9 Å². The molecule has 8 bridgehead atoms. The van der Waals surface area contributed by atoms with E-state index < -0.39 is 23.0 Å². The predicted molar refractivity (Wildman–Crippen MR) is 249 cm³/mol. The third kappa shape index (κ3) is 10.0. The Hall–Kier alpha value is -6.06. The number of aliphatic hydroxyl groups is 1. The number of aromatic amines is 2. The van der Waals surface area contributed by atoms with E-state index in [-0.39, 0.29) is 62.8 Å². The van der Waals surface area contributed by atoms with Crippen LogP contribution in [-0.4, -0.2) is 102 Å². The summed E-state index contributed by atoms with van der Waals surface area (Å²) in [6.45, 7) is 18.4. The fourth-order valence-electron chi connectivity index (χ4n) is 9.18. The number of esters is 1. The molecule has 3 aromatic rings. The van der Waals surface area contributed by atoms with Crippen LogP contribution < -0.4 is 16.0 Å². The molecule has 3 amide bonds. The molecule has 0 saturated carbocycles. The predicted octanol–water partition coefficient (Wildman–Crippen LogP) is 6.76. The average Bonchev–Trinajstić information content (AvgIpc) is 3.90. The third-order valence-corrected chi connectivity index (χ3v) is 12.4. The van der Waals surface area contributed by atoms with Gasteiger partial charge in [-0.1, -0.05) is 18.7 Å². The van der Waals surface area contributed by atoms with Gasteiger partial charge in [0.1, 0.15) is 5.60 Å². The van der Waals surface area contributed by atoms with Crippen molar-refractivity contribution < 1.29 is 38.5 Å². The minimum absolute atomic E-state index is 0.154. The van der Waals surface area contributed by atoms with Crippen LogP contribution in [0.4, 0.5) is 4.79 Å². The van der Waals surface area contributed by atoms with E-state index in [1.54, 1.807) is 27.9 Å². The molecule has 3 aromatic heterocycles. The van der Waals surface area contributed by atoms with E-state index >= 15 is 0 Å². The molecule has 6 N–H and O–H groups in total. The van der Waals surface area contributed by atoms with Gasteiger partial charge in [0, 0.05) is 73.1 Å². The molecule has 0 aromatic carbocycles.